The maximum atomic E-state index is 10.5. The third-order valence-corrected chi connectivity index (χ3v) is 5.62. The van der Waals surface area contributed by atoms with Crippen LogP contribution in [0.1, 0.15) is 17.8 Å². The highest BCUT2D eigenvalue weighted by Crippen LogP contribution is 2.35. The number of aliphatic hydroxyl groups excluding tert-OH is 2. The van der Waals surface area contributed by atoms with Crippen molar-refractivity contribution in [3.63, 3.8) is 0 Å². The number of nitrogens with zero attached hydrogens (tertiary/aromatic N) is 4. The fourth-order valence-corrected chi connectivity index (χ4v) is 4.10. The van der Waals surface area contributed by atoms with Crippen LogP contribution in [0.15, 0.2) is 61.2 Å². The second-order valence-corrected chi connectivity index (χ2v) is 7.44. The summed E-state index contributed by atoms with van der Waals surface area (Å²) >= 11 is 0. The lowest BCUT2D eigenvalue weighted by atomic mass is 9.88. The third-order valence-electron chi connectivity index (χ3n) is 5.62. The molecule has 1 fully saturated rings. The minimum atomic E-state index is -0.536. The molecule has 4 rings (SSSR count). The summed E-state index contributed by atoms with van der Waals surface area (Å²) in [6, 6.07) is 11.6. The van der Waals surface area contributed by atoms with E-state index in [2.05, 4.69) is 20.3 Å². The van der Waals surface area contributed by atoms with Gasteiger partial charge >= 0.3 is 0 Å². The van der Waals surface area contributed by atoms with Crippen LogP contribution in [0.25, 0.3) is 11.4 Å². The molecular weight excluding hydrogens is 366 g/mol. The number of hydrogen-bond acceptors (Lipinski definition) is 7. The normalized spacial score (nSPS) is 23.9. The van der Waals surface area contributed by atoms with Gasteiger partial charge in [0.05, 0.1) is 11.8 Å². The minimum absolute atomic E-state index is 0.0475. The third kappa shape index (κ3) is 4.64. The maximum absolute atomic E-state index is 10.5. The van der Waals surface area contributed by atoms with Gasteiger partial charge in [-0.3, -0.25) is 9.97 Å². The summed E-state index contributed by atoms with van der Waals surface area (Å²) in [5.41, 5.74) is 2.71. The van der Waals surface area contributed by atoms with Crippen LogP contribution in [0.3, 0.4) is 0 Å². The molecule has 0 aromatic carbocycles. The molecule has 0 bridgehead atoms. The van der Waals surface area contributed by atoms with E-state index >= 15 is 0 Å². The average Bonchev–Trinajstić information content (AvgIpc) is 3.07. The van der Waals surface area contributed by atoms with Crippen LogP contribution in [0.2, 0.25) is 0 Å². The zero-order valence-electron chi connectivity index (χ0n) is 16.1. The summed E-state index contributed by atoms with van der Waals surface area (Å²) in [5, 5.41) is 23.9. The number of hydrogen-bond donors (Lipinski definition) is 3. The first-order valence-electron chi connectivity index (χ1n) is 9.89. The molecule has 3 N–H and O–H groups in total. The Bertz CT molecular complexity index is 909. The molecule has 0 aliphatic heterocycles. The maximum Gasteiger partial charge on any atom is 0.160 e. The second kappa shape index (κ2) is 9.17. The fraction of sp³-hybridized carbons (Fsp3) is 0.364. The molecular formula is C22H25N5O2. The average molecular weight is 391 g/mol. The molecule has 29 heavy (non-hydrogen) atoms. The van der Waals surface area contributed by atoms with Crippen LogP contribution in [0.5, 0.6) is 0 Å². The van der Waals surface area contributed by atoms with E-state index in [4.69, 9.17) is 4.98 Å². The molecule has 1 aliphatic rings. The first-order valence-corrected chi connectivity index (χ1v) is 9.89. The van der Waals surface area contributed by atoms with E-state index in [1.165, 1.54) is 0 Å². The molecule has 7 heteroatoms. The highest BCUT2D eigenvalue weighted by Gasteiger charge is 2.42. The van der Waals surface area contributed by atoms with Gasteiger partial charge < -0.3 is 15.5 Å². The van der Waals surface area contributed by atoms with Gasteiger partial charge in [-0.1, -0.05) is 6.07 Å². The van der Waals surface area contributed by atoms with Crippen LogP contribution in [-0.4, -0.2) is 48.9 Å². The van der Waals surface area contributed by atoms with Gasteiger partial charge in [0.2, 0.25) is 0 Å². The van der Waals surface area contributed by atoms with Crippen molar-refractivity contribution in [1.82, 2.24) is 25.3 Å². The van der Waals surface area contributed by atoms with Crippen molar-refractivity contribution in [2.75, 3.05) is 6.61 Å². The summed E-state index contributed by atoms with van der Waals surface area (Å²) in [5.74, 6) is 0.510. The summed E-state index contributed by atoms with van der Waals surface area (Å²) in [6.45, 7) is 0.575. The molecule has 1 saturated carbocycles. The van der Waals surface area contributed by atoms with Gasteiger partial charge in [-0.25, -0.2) is 9.97 Å². The molecule has 3 heterocycles. The number of aromatic nitrogens is 4. The summed E-state index contributed by atoms with van der Waals surface area (Å²) in [4.78, 5) is 17.5. The first kappa shape index (κ1) is 19.6. The molecule has 0 saturated heterocycles. The van der Waals surface area contributed by atoms with Crippen molar-refractivity contribution in [2.45, 2.75) is 31.5 Å². The zero-order valence-corrected chi connectivity index (χ0v) is 16.1. The molecule has 3 aromatic rings. The first-order chi connectivity index (χ1) is 14.2. The van der Waals surface area contributed by atoms with E-state index < -0.39 is 6.10 Å². The fourth-order valence-electron chi connectivity index (χ4n) is 4.10. The van der Waals surface area contributed by atoms with E-state index in [1.807, 2.05) is 36.4 Å². The van der Waals surface area contributed by atoms with Gasteiger partial charge in [0.1, 0.15) is 0 Å². The van der Waals surface area contributed by atoms with Gasteiger partial charge in [0, 0.05) is 61.2 Å². The van der Waals surface area contributed by atoms with E-state index in [0.29, 0.717) is 25.2 Å². The SMILES string of the molecule is OC[C@@H]1[C@@H](Cc2ccnc(-c3cccnc3)n2)[C@H](NCc2ccccn2)C[C@H]1O. The Balaban J connectivity index is 1.51. The van der Waals surface area contributed by atoms with Gasteiger partial charge in [-0.15, -0.1) is 0 Å². The molecule has 0 amide bonds. The van der Waals surface area contributed by atoms with E-state index in [-0.39, 0.29) is 24.5 Å². The Morgan fingerprint density at radius 3 is 2.66 bits per heavy atom. The molecule has 1 aliphatic carbocycles. The van der Waals surface area contributed by atoms with Crippen LogP contribution in [-0.2, 0) is 13.0 Å². The summed E-state index contributed by atoms with van der Waals surface area (Å²) in [6.07, 6.45) is 7.70. The highest BCUT2D eigenvalue weighted by atomic mass is 16.3. The van der Waals surface area contributed by atoms with Crippen molar-refractivity contribution in [2.24, 2.45) is 11.8 Å². The monoisotopic (exact) mass is 391 g/mol. The van der Waals surface area contributed by atoms with Crippen molar-refractivity contribution in [3.8, 4) is 11.4 Å². The standard InChI is InChI=1S/C22H25N5O2/c28-14-19-18(20(11-21(19)29)26-13-17-5-1-2-8-24-17)10-16-6-9-25-22(27-16)15-4-3-7-23-12-15/h1-9,12,18-21,26,28-29H,10-11,13-14H2/t18-,19-,20-,21-/m1/s1. The Hall–Kier alpha value is -2.74. The molecule has 150 valence electrons. The van der Waals surface area contributed by atoms with E-state index in [0.717, 1.165) is 17.0 Å². The predicted octanol–water partition coefficient (Wildman–Crippen LogP) is 1.62. The number of rotatable bonds is 7. The lowest BCUT2D eigenvalue weighted by Gasteiger charge is -2.25. The lowest BCUT2D eigenvalue weighted by molar-refractivity contribution is 0.0716. The molecule has 7 nitrogen and oxygen atoms in total. The van der Waals surface area contributed by atoms with Crippen molar-refractivity contribution < 1.29 is 10.2 Å². The minimum Gasteiger partial charge on any atom is -0.396 e. The predicted molar refractivity (Wildman–Crippen MR) is 109 cm³/mol. The number of pyridine rings is 2. The van der Waals surface area contributed by atoms with Crippen molar-refractivity contribution in [1.29, 1.82) is 0 Å². The Morgan fingerprint density at radius 2 is 1.90 bits per heavy atom. The molecule has 0 unspecified atom stereocenters. The zero-order chi connectivity index (χ0) is 20.1. The van der Waals surface area contributed by atoms with Gasteiger partial charge in [-0.2, -0.15) is 0 Å². The van der Waals surface area contributed by atoms with Gasteiger partial charge in [-0.05, 0) is 49.1 Å². The Morgan fingerprint density at radius 1 is 0.966 bits per heavy atom. The van der Waals surface area contributed by atoms with E-state index in [1.54, 1.807) is 24.8 Å². The largest absolute Gasteiger partial charge is 0.396 e. The van der Waals surface area contributed by atoms with Crippen LogP contribution in [0.4, 0.5) is 0 Å². The van der Waals surface area contributed by atoms with Gasteiger partial charge in [0.25, 0.3) is 0 Å². The lowest BCUT2D eigenvalue weighted by Crippen LogP contribution is -2.36. The molecule has 3 aromatic heterocycles. The van der Waals surface area contributed by atoms with Crippen LogP contribution >= 0.6 is 0 Å². The van der Waals surface area contributed by atoms with Crippen LogP contribution < -0.4 is 5.32 Å². The van der Waals surface area contributed by atoms with Crippen molar-refractivity contribution >= 4 is 0 Å². The van der Waals surface area contributed by atoms with Gasteiger partial charge in [0.15, 0.2) is 5.82 Å². The second-order valence-electron chi connectivity index (χ2n) is 7.44. The summed E-state index contributed by atoms with van der Waals surface area (Å²) in [7, 11) is 0. The Labute approximate surface area is 169 Å². The smallest absolute Gasteiger partial charge is 0.160 e. The topological polar surface area (TPSA) is 104 Å². The van der Waals surface area contributed by atoms with Crippen LogP contribution in [0, 0.1) is 11.8 Å². The summed E-state index contributed by atoms with van der Waals surface area (Å²) < 4.78 is 0. The molecule has 4 atom stereocenters. The number of aliphatic hydroxyl groups is 2. The highest BCUT2D eigenvalue weighted by molar-refractivity contribution is 5.52. The molecule has 0 spiro atoms. The van der Waals surface area contributed by atoms with Crippen molar-refractivity contribution in [3.05, 3.63) is 72.6 Å². The Kier molecular flexibility index (Phi) is 6.19. The number of nitrogens with one attached hydrogen (secondary N) is 1. The molecule has 0 radical (unpaired) electrons. The van der Waals surface area contributed by atoms with E-state index in [9.17, 15) is 10.2 Å². The quantitative estimate of drug-likeness (QED) is 0.562.